The second kappa shape index (κ2) is 10.2. The number of ether oxygens (including phenoxy) is 1. The molecule has 196 valence electrons. The van der Waals surface area contributed by atoms with Crippen molar-refractivity contribution < 1.29 is 19.1 Å². The summed E-state index contributed by atoms with van der Waals surface area (Å²) < 4.78 is 5.82. The van der Waals surface area contributed by atoms with E-state index in [4.69, 9.17) is 4.74 Å². The highest BCUT2D eigenvalue weighted by atomic mass is 32.1. The summed E-state index contributed by atoms with van der Waals surface area (Å²) >= 11 is 1.21. The molecule has 11 heteroatoms. The van der Waals surface area contributed by atoms with E-state index < -0.39 is 6.03 Å². The smallest absolute Gasteiger partial charge is 0.332 e. The van der Waals surface area contributed by atoms with E-state index >= 15 is 0 Å². The highest BCUT2D eigenvalue weighted by Gasteiger charge is 2.35. The summed E-state index contributed by atoms with van der Waals surface area (Å²) in [6.45, 7) is 3.49. The summed E-state index contributed by atoms with van der Waals surface area (Å²) in [6.07, 6.45) is 6.78. The van der Waals surface area contributed by atoms with E-state index in [1.807, 2.05) is 30.3 Å². The Labute approximate surface area is 227 Å². The van der Waals surface area contributed by atoms with Gasteiger partial charge in [-0.25, -0.2) is 19.7 Å². The number of anilines is 3. The molecule has 39 heavy (non-hydrogen) atoms. The highest BCUT2D eigenvalue weighted by molar-refractivity contribution is 7.21. The van der Waals surface area contributed by atoms with E-state index in [0.717, 1.165) is 19.3 Å². The second-order valence-corrected chi connectivity index (χ2v) is 10.2. The summed E-state index contributed by atoms with van der Waals surface area (Å²) in [5, 5.41) is 9.47. The number of para-hydroxylation sites is 1. The highest BCUT2D eigenvalue weighted by Crippen LogP contribution is 2.45. The summed E-state index contributed by atoms with van der Waals surface area (Å²) in [7, 11) is 0. The van der Waals surface area contributed by atoms with Crippen LogP contribution in [-0.4, -0.2) is 39.9 Å². The number of pyridine rings is 2. The standard InChI is InChI=1S/C28H24N6O4S/c1-2-22(35)31-18-9-6-10-19(18)32-26(36)25-24-23-20(13-14-29-27(23)39-25)34(28(37)33-24)21-12-11-17(15-30-21)38-16-7-4-3-5-8-16/h2-5,7-8,11-15,18-19H,1,6,9-10H2,(H,31,35)(H,32,36)(H,33,37)/t18-,19+/m0/s1. The van der Waals surface area contributed by atoms with Gasteiger partial charge < -0.3 is 20.7 Å². The Bertz CT molecular complexity index is 1590. The third-order valence-corrected chi connectivity index (χ3v) is 7.82. The van der Waals surface area contributed by atoms with Crippen LogP contribution >= 0.6 is 11.3 Å². The first kappa shape index (κ1) is 24.6. The lowest BCUT2D eigenvalue weighted by Crippen LogP contribution is -2.48. The number of rotatable bonds is 7. The molecule has 3 aromatic heterocycles. The first-order valence-electron chi connectivity index (χ1n) is 12.5. The number of urea groups is 1. The van der Waals surface area contributed by atoms with Gasteiger partial charge in [0.2, 0.25) is 5.91 Å². The van der Waals surface area contributed by atoms with Crippen molar-refractivity contribution in [3.8, 4) is 11.5 Å². The lowest BCUT2D eigenvalue weighted by atomic mass is 10.1. The quantitative estimate of drug-likeness (QED) is 0.280. The van der Waals surface area contributed by atoms with Crippen LogP contribution in [0.3, 0.4) is 0 Å². The van der Waals surface area contributed by atoms with Gasteiger partial charge in [0.25, 0.3) is 5.91 Å². The summed E-state index contributed by atoms with van der Waals surface area (Å²) in [4.78, 5) is 49.9. The summed E-state index contributed by atoms with van der Waals surface area (Å²) in [5.74, 6) is 1.02. The molecule has 0 spiro atoms. The van der Waals surface area contributed by atoms with Crippen molar-refractivity contribution >= 4 is 56.6 Å². The predicted molar refractivity (Wildman–Crippen MR) is 149 cm³/mol. The van der Waals surface area contributed by atoms with Crippen LogP contribution in [0.5, 0.6) is 11.5 Å². The Hall–Kier alpha value is -4.77. The summed E-state index contributed by atoms with van der Waals surface area (Å²) in [5.41, 5.74) is 1.00. The number of nitrogens with zero attached hydrogens (tertiary/aromatic N) is 3. The molecule has 6 rings (SSSR count). The number of hydrogen-bond donors (Lipinski definition) is 3. The van der Waals surface area contributed by atoms with Crippen molar-refractivity contribution in [3.63, 3.8) is 0 Å². The minimum Gasteiger partial charge on any atom is -0.456 e. The first-order chi connectivity index (χ1) is 19.0. The average Bonchev–Trinajstić information content (AvgIpc) is 3.54. The fraction of sp³-hybridized carbons (Fsp3) is 0.179. The molecule has 2 atom stereocenters. The van der Waals surface area contributed by atoms with E-state index in [9.17, 15) is 14.4 Å². The number of aromatic nitrogens is 2. The topological polar surface area (TPSA) is 126 Å². The van der Waals surface area contributed by atoms with Crippen LogP contribution in [0.1, 0.15) is 28.9 Å². The summed E-state index contributed by atoms with van der Waals surface area (Å²) in [6, 6.07) is 13.7. The molecule has 4 amide bonds. The lowest BCUT2D eigenvalue weighted by molar-refractivity contribution is -0.117. The molecule has 4 heterocycles. The van der Waals surface area contributed by atoms with Gasteiger partial charge in [0.15, 0.2) is 0 Å². The fourth-order valence-electron chi connectivity index (χ4n) is 4.94. The van der Waals surface area contributed by atoms with Crippen LogP contribution in [0, 0.1) is 0 Å². The third-order valence-electron chi connectivity index (χ3n) is 6.73. The number of amides is 4. The van der Waals surface area contributed by atoms with E-state index in [2.05, 4.69) is 32.5 Å². The van der Waals surface area contributed by atoms with Crippen molar-refractivity contribution in [3.05, 3.63) is 78.5 Å². The van der Waals surface area contributed by atoms with Gasteiger partial charge in [-0.3, -0.25) is 9.59 Å². The van der Waals surface area contributed by atoms with Gasteiger partial charge in [0, 0.05) is 18.3 Å². The van der Waals surface area contributed by atoms with Gasteiger partial charge in [-0.05, 0) is 55.7 Å². The number of carbonyl (C=O) groups is 3. The Morgan fingerprint density at radius 1 is 1.05 bits per heavy atom. The molecule has 1 aromatic carbocycles. The van der Waals surface area contributed by atoms with Gasteiger partial charge in [0.05, 0.1) is 23.0 Å². The van der Waals surface area contributed by atoms with Gasteiger partial charge >= 0.3 is 6.03 Å². The van der Waals surface area contributed by atoms with Crippen LogP contribution in [0.15, 0.2) is 73.6 Å². The SMILES string of the molecule is C=CC(=O)N[C@H]1CCC[C@H]1NC(=O)c1sc2nccc3c2c1NC(=O)N3c1ccc(Oc2ccccc2)cn1. The fourth-order valence-corrected chi connectivity index (χ4v) is 5.97. The molecule has 0 saturated heterocycles. The molecular formula is C28H24N6O4S. The molecule has 0 radical (unpaired) electrons. The number of thiophene rings is 1. The minimum atomic E-state index is -0.441. The molecule has 1 aliphatic heterocycles. The van der Waals surface area contributed by atoms with E-state index in [1.54, 1.807) is 30.6 Å². The average molecular weight is 541 g/mol. The second-order valence-electron chi connectivity index (χ2n) is 9.18. The Kier molecular flexibility index (Phi) is 6.41. The normalized spacial score (nSPS) is 17.9. The van der Waals surface area contributed by atoms with Gasteiger partial charge in [-0.15, -0.1) is 11.3 Å². The third kappa shape index (κ3) is 4.68. The predicted octanol–water partition coefficient (Wildman–Crippen LogP) is 5.12. The number of carbonyl (C=O) groups excluding carboxylic acids is 3. The minimum absolute atomic E-state index is 0.177. The Morgan fingerprint density at radius 2 is 1.85 bits per heavy atom. The number of benzene rings is 1. The molecule has 0 bridgehead atoms. The van der Waals surface area contributed by atoms with Gasteiger partial charge in [0.1, 0.15) is 27.0 Å². The Morgan fingerprint density at radius 3 is 2.59 bits per heavy atom. The van der Waals surface area contributed by atoms with Crippen LogP contribution in [0.2, 0.25) is 0 Å². The molecule has 1 fully saturated rings. The lowest BCUT2D eigenvalue weighted by Gasteiger charge is -2.27. The van der Waals surface area contributed by atoms with Gasteiger partial charge in [-0.1, -0.05) is 24.8 Å². The van der Waals surface area contributed by atoms with Crippen molar-refractivity contribution in [2.75, 3.05) is 10.2 Å². The molecule has 0 unspecified atom stereocenters. The molecule has 10 nitrogen and oxygen atoms in total. The van der Waals surface area contributed by atoms with E-state index in [0.29, 0.717) is 43.8 Å². The maximum Gasteiger partial charge on any atom is 0.332 e. The van der Waals surface area contributed by atoms with E-state index in [1.165, 1.54) is 22.3 Å². The van der Waals surface area contributed by atoms with E-state index in [-0.39, 0.29) is 23.9 Å². The van der Waals surface area contributed by atoms with Crippen molar-refractivity contribution in [1.82, 2.24) is 20.6 Å². The van der Waals surface area contributed by atoms with Crippen LogP contribution in [-0.2, 0) is 4.79 Å². The zero-order chi connectivity index (χ0) is 26.9. The zero-order valence-corrected chi connectivity index (χ0v) is 21.5. The van der Waals surface area contributed by atoms with Crippen molar-refractivity contribution in [1.29, 1.82) is 0 Å². The van der Waals surface area contributed by atoms with Crippen molar-refractivity contribution in [2.45, 2.75) is 31.3 Å². The zero-order valence-electron chi connectivity index (χ0n) is 20.7. The number of nitrogens with one attached hydrogen (secondary N) is 3. The van der Waals surface area contributed by atoms with Gasteiger partial charge in [-0.2, -0.15) is 0 Å². The Balaban J connectivity index is 1.27. The molecule has 1 saturated carbocycles. The van der Waals surface area contributed by atoms with Crippen molar-refractivity contribution in [2.24, 2.45) is 0 Å². The molecule has 1 aliphatic carbocycles. The molecular weight excluding hydrogens is 516 g/mol. The maximum atomic E-state index is 13.4. The molecule has 4 aromatic rings. The van der Waals surface area contributed by atoms with Crippen LogP contribution in [0.4, 0.5) is 22.0 Å². The molecule has 2 aliphatic rings. The largest absolute Gasteiger partial charge is 0.456 e. The monoisotopic (exact) mass is 540 g/mol. The van der Waals surface area contributed by atoms with Crippen LogP contribution in [0.25, 0.3) is 10.2 Å². The maximum absolute atomic E-state index is 13.4. The first-order valence-corrected chi connectivity index (χ1v) is 13.3. The number of hydrogen-bond acceptors (Lipinski definition) is 7. The van der Waals surface area contributed by atoms with Crippen LogP contribution < -0.4 is 25.6 Å². The molecule has 3 N–H and O–H groups in total.